The lowest BCUT2D eigenvalue weighted by Gasteiger charge is -2.11. The highest BCUT2D eigenvalue weighted by molar-refractivity contribution is 7.11. The molecule has 0 radical (unpaired) electrons. The molecule has 112 valence electrons. The van der Waals surface area contributed by atoms with Gasteiger partial charge in [-0.1, -0.05) is 0 Å². The fraction of sp³-hybridized carbons (Fsp3) is 0.500. The first kappa shape index (κ1) is 14.5. The zero-order valence-corrected chi connectivity index (χ0v) is 13.6. The standard InChI is InChI=1S/C16H21N3OS/c1-10-4-7-15(14(18-10)8-17-13-5-6-13)20-9-16-19-11(2)12(3)21-16/h4,7,13,17H,5-6,8-9H2,1-3H3. The van der Waals surface area contributed by atoms with Crippen LogP contribution in [-0.2, 0) is 13.2 Å². The predicted molar refractivity (Wildman–Crippen MR) is 84.8 cm³/mol. The molecule has 0 aromatic carbocycles. The van der Waals surface area contributed by atoms with Gasteiger partial charge in [-0.05, 0) is 45.7 Å². The van der Waals surface area contributed by atoms with Gasteiger partial charge >= 0.3 is 0 Å². The zero-order chi connectivity index (χ0) is 14.8. The zero-order valence-electron chi connectivity index (χ0n) is 12.8. The highest BCUT2D eigenvalue weighted by Gasteiger charge is 2.21. The van der Waals surface area contributed by atoms with Gasteiger partial charge in [0.25, 0.3) is 0 Å². The maximum absolute atomic E-state index is 5.94. The lowest BCUT2D eigenvalue weighted by Crippen LogP contribution is -2.17. The van der Waals surface area contributed by atoms with E-state index in [9.17, 15) is 0 Å². The lowest BCUT2D eigenvalue weighted by atomic mass is 10.3. The minimum atomic E-state index is 0.514. The number of aryl methyl sites for hydroxylation is 3. The van der Waals surface area contributed by atoms with E-state index in [0.717, 1.165) is 34.4 Å². The molecule has 5 heteroatoms. The number of hydrogen-bond donors (Lipinski definition) is 1. The van der Waals surface area contributed by atoms with Crippen molar-refractivity contribution in [3.05, 3.63) is 39.1 Å². The van der Waals surface area contributed by atoms with Gasteiger partial charge in [0.15, 0.2) is 0 Å². The summed E-state index contributed by atoms with van der Waals surface area (Å²) in [4.78, 5) is 10.4. The van der Waals surface area contributed by atoms with E-state index in [-0.39, 0.29) is 0 Å². The van der Waals surface area contributed by atoms with Gasteiger partial charge in [0.05, 0.1) is 11.4 Å². The van der Waals surface area contributed by atoms with E-state index in [1.807, 2.05) is 26.0 Å². The Hall–Kier alpha value is -1.46. The molecule has 4 nitrogen and oxygen atoms in total. The normalized spacial score (nSPS) is 14.4. The van der Waals surface area contributed by atoms with Gasteiger partial charge in [0.1, 0.15) is 17.4 Å². The second kappa shape index (κ2) is 6.12. The van der Waals surface area contributed by atoms with Gasteiger partial charge in [-0.15, -0.1) is 11.3 Å². The average molecular weight is 303 g/mol. The lowest BCUT2D eigenvalue weighted by molar-refractivity contribution is 0.299. The minimum Gasteiger partial charge on any atom is -0.484 e. The van der Waals surface area contributed by atoms with Crippen molar-refractivity contribution >= 4 is 11.3 Å². The van der Waals surface area contributed by atoms with Gasteiger partial charge in [-0.3, -0.25) is 4.98 Å². The van der Waals surface area contributed by atoms with Crippen molar-refractivity contribution < 1.29 is 4.74 Å². The monoisotopic (exact) mass is 303 g/mol. The van der Waals surface area contributed by atoms with Crippen molar-refractivity contribution in [3.63, 3.8) is 0 Å². The topological polar surface area (TPSA) is 47.0 Å². The molecule has 2 aromatic rings. The SMILES string of the molecule is Cc1ccc(OCc2nc(C)c(C)s2)c(CNC2CC2)n1. The molecule has 0 atom stereocenters. The number of hydrogen-bond acceptors (Lipinski definition) is 5. The fourth-order valence-electron chi connectivity index (χ4n) is 2.12. The number of nitrogens with one attached hydrogen (secondary N) is 1. The van der Waals surface area contributed by atoms with Crippen molar-refractivity contribution in [2.24, 2.45) is 0 Å². The van der Waals surface area contributed by atoms with E-state index in [1.54, 1.807) is 11.3 Å². The molecule has 0 unspecified atom stereocenters. The van der Waals surface area contributed by atoms with Crippen molar-refractivity contribution in [1.29, 1.82) is 0 Å². The number of rotatable bonds is 6. The molecule has 1 saturated carbocycles. The van der Waals surface area contributed by atoms with Crippen LogP contribution in [0.2, 0.25) is 0 Å². The van der Waals surface area contributed by atoms with E-state index in [4.69, 9.17) is 4.74 Å². The number of aromatic nitrogens is 2. The van der Waals surface area contributed by atoms with Crippen LogP contribution in [-0.4, -0.2) is 16.0 Å². The van der Waals surface area contributed by atoms with E-state index < -0.39 is 0 Å². The quantitative estimate of drug-likeness (QED) is 0.889. The fourth-order valence-corrected chi connectivity index (χ4v) is 2.97. The summed E-state index contributed by atoms with van der Waals surface area (Å²) in [5.74, 6) is 0.860. The first-order valence-electron chi connectivity index (χ1n) is 7.37. The second-order valence-corrected chi connectivity index (χ2v) is 6.88. The first-order valence-corrected chi connectivity index (χ1v) is 8.19. The molecule has 2 heterocycles. The van der Waals surface area contributed by atoms with Crippen LogP contribution in [0.25, 0.3) is 0 Å². The molecular weight excluding hydrogens is 282 g/mol. The van der Waals surface area contributed by atoms with Crippen LogP contribution in [0.3, 0.4) is 0 Å². The summed E-state index contributed by atoms with van der Waals surface area (Å²) in [7, 11) is 0. The van der Waals surface area contributed by atoms with Crippen LogP contribution >= 0.6 is 11.3 Å². The van der Waals surface area contributed by atoms with Crippen LogP contribution in [0.1, 0.15) is 39.8 Å². The molecular formula is C16H21N3OS. The summed E-state index contributed by atoms with van der Waals surface area (Å²) < 4.78 is 5.94. The molecule has 0 saturated heterocycles. The number of pyridine rings is 1. The Balaban J connectivity index is 1.67. The number of ether oxygens (including phenoxy) is 1. The second-order valence-electron chi connectivity index (χ2n) is 5.59. The van der Waals surface area contributed by atoms with Gasteiger partial charge in [-0.2, -0.15) is 0 Å². The summed E-state index contributed by atoms with van der Waals surface area (Å²) >= 11 is 1.70. The molecule has 1 N–H and O–H groups in total. The molecule has 1 fully saturated rings. The molecule has 21 heavy (non-hydrogen) atoms. The highest BCUT2D eigenvalue weighted by Crippen LogP contribution is 2.24. The van der Waals surface area contributed by atoms with Crippen LogP contribution in [0, 0.1) is 20.8 Å². The van der Waals surface area contributed by atoms with Crippen molar-refractivity contribution in [2.45, 2.75) is 52.8 Å². The molecule has 1 aliphatic carbocycles. The van der Waals surface area contributed by atoms with Gasteiger partial charge in [0, 0.05) is 23.2 Å². The Morgan fingerprint density at radius 1 is 1.24 bits per heavy atom. The molecule has 3 rings (SSSR count). The summed E-state index contributed by atoms with van der Waals surface area (Å²) in [6.45, 7) is 7.43. The Morgan fingerprint density at radius 2 is 2.05 bits per heavy atom. The largest absolute Gasteiger partial charge is 0.484 e. The summed E-state index contributed by atoms with van der Waals surface area (Å²) in [5.41, 5.74) is 3.11. The van der Waals surface area contributed by atoms with Gasteiger partial charge in [-0.25, -0.2) is 4.98 Å². The van der Waals surface area contributed by atoms with Crippen LogP contribution in [0.4, 0.5) is 0 Å². The van der Waals surface area contributed by atoms with E-state index in [0.29, 0.717) is 12.6 Å². The van der Waals surface area contributed by atoms with Gasteiger partial charge in [0.2, 0.25) is 0 Å². The van der Waals surface area contributed by atoms with E-state index >= 15 is 0 Å². The summed E-state index contributed by atoms with van der Waals surface area (Å²) in [6.07, 6.45) is 2.55. The third-order valence-electron chi connectivity index (χ3n) is 3.63. The van der Waals surface area contributed by atoms with E-state index in [1.165, 1.54) is 17.7 Å². The van der Waals surface area contributed by atoms with Crippen LogP contribution < -0.4 is 10.1 Å². The Morgan fingerprint density at radius 3 is 2.71 bits per heavy atom. The Labute approximate surface area is 129 Å². The molecule has 2 aromatic heterocycles. The summed E-state index contributed by atoms with van der Waals surface area (Å²) in [6, 6.07) is 4.68. The Kier molecular flexibility index (Phi) is 4.22. The van der Waals surface area contributed by atoms with Crippen LogP contribution in [0.15, 0.2) is 12.1 Å². The van der Waals surface area contributed by atoms with E-state index in [2.05, 4.69) is 22.2 Å². The van der Waals surface area contributed by atoms with Crippen molar-refractivity contribution in [1.82, 2.24) is 15.3 Å². The molecule has 0 bridgehead atoms. The average Bonchev–Trinajstić information content (AvgIpc) is 3.22. The third kappa shape index (κ3) is 3.80. The molecule has 1 aliphatic rings. The van der Waals surface area contributed by atoms with Gasteiger partial charge < -0.3 is 10.1 Å². The molecule has 0 aliphatic heterocycles. The Bertz CT molecular complexity index is 615. The highest BCUT2D eigenvalue weighted by atomic mass is 32.1. The third-order valence-corrected chi connectivity index (χ3v) is 4.68. The summed E-state index contributed by atoms with van der Waals surface area (Å²) in [5, 5.41) is 4.52. The number of thiazole rings is 1. The smallest absolute Gasteiger partial charge is 0.142 e. The van der Waals surface area contributed by atoms with Crippen molar-refractivity contribution in [3.8, 4) is 5.75 Å². The minimum absolute atomic E-state index is 0.514. The maximum atomic E-state index is 5.94. The maximum Gasteiger partial charge on any atom is 0.142 e. The molecule has 0 amide bonds. The number of nitrogens with zero attached hydrogens (tertiary/aromatic N) is 2. The molecule has 0 spiro atoms. The predicted octanol–water partition coefficient (Wildman–Crippen LogP) is 3.29. The van der Waals surface area contributed by atoms with Crippen molar-refractivity contribution in [2.75, 3.05) is 0 Å². The first-order chi connectivity index (χ1) is 10.1. The van der Waals surface area contributed by atoms with Crippen LogP contribution in [0.5, 0.6) is 5.75 Å².